The van der Waals surface area contributed by atoms with Crippen LogP contribution in [-0.4, -0.2) is 37.5 Å². The van der Waals surface area contributed by atoms with E-state index in [1.807, 2.05) is 0 Å². The van der Waals surface area contributed by atoms with E-state index in [2.05, 4.69) is 13.2 Å². The molecule has 3 aromatic rings. The van der Waals surface area contributed by atoms with Gasteiger partial charge in [-0.25, -0.2) is 19.2 Å². The van der Waals surface area contributed by atoms with Crippen LogP contribution in [0.5, 0.6) is 23.0 Å². The van der Waals surface area contributed by atoms with E-state index in [0.717, 1.165) is 53.7 Å². The lowest BCUT2D eigenvalue weighted by Crippen LogP contribution is -2.11. The standard InChI is InChI=1S/C37H32O10/c1-3-32(38)44-22-42-28-13-5-24(6-14-28)9-19-34(40)46-30-17-18-31(37-27-12-11-26(21-27)36(30)37)47-35(41)20-10-25-7-15-29(16-8-25)43-23-45-33(39)4-2/h3-10,13-20,26-27H,1-2,11-12,21-23H2/b19-9+,20-10+. The molecule has 0 amide bonds. The third kappa shape index (κ3) is 8.64. The molecule has 3 aromatic carbocycles. The summed E-state index contributed by atoms with van der Waals surface area (Å²) in [5.41, 5.74) is 3.33. The lowest BCUT2D eigenvalue weighted by molar-refractivity contribution is -0.145. The molecule has 0 radical (unpaired) electrons. The van der Waals surface area contributed by atoms with Crippen molar-refractivity contribution >= 4 is 36.0 Å². The van der Waals surface area contributed by atoms with Crippen LogP contribution in [0, 0.1) is 0 Å². The van der Waals surface area contributed by atoms with Crippen molar-refractivity contribution in [1.82, 2.24) is 0 Å². The summed E-state index contributed by atoms with van der Waals surface area (Å²) in [6.45, 7) is 6.16. The SMILES string of the molecule is C=CC(=O)OCOc1ccc(/C=C/C(=O)Oc2ccc(OC(=O)/C=C/c3ccc(OCOC(=O)C=C)cc3)c3c2C2CCC3C2)cc1. The fourth-order valence-corrected chi connectivity index (χ4v) is 5.52. The first-order valence-electron chi connectivity index (χ1n) is 14.8. The van der Waals surface area contributed by atoms with Gasteiger partial charge in [-0.05, 0) is 90.8 Å². The van der Waals surface area contributed by atoms with Crippen molar-refractivity contribution in [3.05, 3.63) is 120 Å². The van der Waals surface area contributed by atoms with E-state index in [-0.39, 0.29) is 25.4 Å². The quantitative estimate of drug-likeness (QED) is 0.0848. The second kappa shape index (κ2) is 15.4. The number of ether oxygens (including phenoxy) is 6. The van der Waals surface area contributed by atoms with Crippen molar-refractivity contribution in [2.45, 2.75) is 31.1 Å². The topological polar surface area (TPSA) is 124 Å². The maximum absolute atomic E-state index is 12.8. The lowest BCUT2D eigenvalue weighted by Gasteiger charge is -2.21. The number of rotatable bonds is 14. The Balaban J connectivity index is 1.18. The van der Waals surface area contributed by atoms with Gasteiger partial charge in [0.2, 0.25) is 13.6 Å². The van der Waals surface area contributed by atoms with Gasteiger partial charge in [0, 0.05) is 35.4 Å². The lowest BCUT2D eigenvalue weighted by atomic mass is 9.90. The molecule has 240 valence electrons. The summed E-state index contributed by atoms with van der Waals surface area (Å²) in [5, 5.41) is 0. The van der Waals surface area contributed by atoms with E-state index in [0.29, 0.717) is 23.0 Å². The predicted octanol–water partition coefficient (Wildman–Crippen LogP) is 6.42. The van der Waals surface area contributed by atoms with Gasteiger partial charge in [-0.1, -0.05) is 37.4 Å². The number of esters is 4. The molecule has 47 heavy (non-hydrogen) atoms. The number of hydrogen-bond donors (Lipinski definition) is 0. The molecule has 5 rings (SSSR count). The van der Waals surface area contributed by atoms with Crippen LogP contribution in [0.1, 0.15) is 53.4 Å². The Morgan fingerprint density at radius 1 is 0.596 bits per heavy atom. The number of fused-ring (bicyclic) bond motifs is 5. The molecule has 2 unspecified atom stereocenters. The fourth-order valence-electron chi connectivity index (χ4n) is 5.52. The first-order valence-corrected chi connectivity index (χ1v) is 14.8. The molecule has 10 heteroatoms. The van der Waals surface area contributed by atoms with Gasteiger partial charge in [0.25, 0.3) is 0 Å². The van der Waals surface area contributed by atoms with Crippen LogP contribution in [0.4, 0.5) is 0 Å². The van der Waals surface area contributed by atoms with E-state index in [1.54, 1.807) is 72.8 Å². The highest BCUT2D eigenvalue weighted by atomic mass is 16.7. The van der Waals surface area contributed by atoms with Gasteiger partial charge < -0.3 is 28.4 Å². The first-order chi connectivity index (χ1) is 22.8. The monoisotopic (exact) mass is 636 g/mol. The summed E-state index contributed by atoms with van der Waals surface area (Å²) < 4.78 is 31.8. The van der Waals surface area contributed by atoms with E-state index >= 15 is 0 Å². The van der Waals surface area contributed by atoms with Crippen LogP contribution in [0.3, 0.4) is 0 Å². The Morgan fingerprint density at radius 3 is 1.38 bits per heavy atom. The molecule has 2 atom stereocenters. The van der Waals surface area contributed by atoms with Crippen LogP contribution in [0.25, 0.3) is 12.2 Å². The summed E-state index contributed by atoms with van der Waals surface area (Å²) >= 11 is 0. The zero-order valence-electron chi connectivity index (χ0n) is 25.4. The minimum absolute atomic E-state index is 0.232. The third-order valence-electron chi connectivity index (χ3n) is 7.65. The van der Waals surface area contributed by atoms with E-state index < -0.39 is 23.9 Å². The van der Waals surface area contributed by atoms with Gasteiger partial charge in [0.15, 0.2) is 0 Å². The van der Waals surface area contributed by atoms with Crippen LogP contribution in [0.2, 0.25) is 0 Å². The highest BCUT2D eigenvalue weighted by molar-refractivity contribution is 5.90. The number of benzene rings is 3. The zero-order chi connectivity index (χ0) is 33.2. The third-order valence-corrected chi connectivity index (χ3v) is 7.65. The highest BCUT2D eigenvalue weighted by Gasteiger charge is 2.42. The maximum Gasteiger partial charge on any atom is 0.336 e. The van der Waals surface area contributed by atoms with Gasteiger partial charge in [-0.3, -0.25) is 0 Å². The first kappa shape index (κ1) is 32.5. The zero-order valence-corrected chi connectivity index (χ0v) is 25.4. The summed E-state index contributed by atoms with van der Waals surface area (Å²) in [4.78, 5) is 47.7. The largest absolute Gasteiger partial charge is 0.457 e. The number of carbonyl (C=O) groups excluding carboxylic acids is 4. The second-order valence-electron chi connectivity index (χ2n) is 10.6. The van der Waals surface area contributed by atoms with Crippen molar-refractivity contribution in [2.24, 2.45) is 0 Å². The molecule has 2 aliphatic carbocycles. The normalized spacial score (nSPS) is 15.9. The summed E-state index contributed by atoms with van der Waals surface area (Å²) in [5.74, 6) is 0.165. The van der Waals surface area contributed by atoms with Gasteiger partial charge in [0.05, 0.1) is 0 Å². The fraction of sp³-hybridized carbons (Fsp3) is 0.189. The predicted molar refractivity (Wildman–Crippen MR) is 172 cm³/mol. The van der Waals surface area contributed by atoms with Gasteiger partial charge in [0.1, 0.15) is 23.0 Å². The molecule has 0 aromatic heterocycles. The van der Waals surface area contributed by atoms with Crippen LogP contribution in [-0.2, 0) is 28.7 Å². The van der Waals surface area contributed by atoms with E-state index in [9.17, 15) is 19.2 Å². The molecule has 0 heterocycles. The molecule has 0 saturated heterocycles. The van der Waals surface area contributed by atoms with E-state index in [1.165, 1.54) is 12.2 Å². The number of hydrogen-bond acceptors (Lipinski definition) is 10. The van der Waals surface area contributed by atoms with Crippen LogP contribution >= 0.6 is 0 Å². The molecule has 10 nitrogen and oxygen atoms in total. The van der Waals surface area contributed by atoms with Crippen molar-refractivity contribution in [3.63, 3.8) is 0 Å². The average molecular weight is 637 g/mol. The smallest absolute Gasteiger partial charge is 0.336 e. The molecule has 0 N–H and O–H groups in total. The van der Waals surface area contributed by atoms with Crippen molar-refractivity contribution in [2.75, 3.05) is 13.6 Å². The maximum atomic E-state index is 12.8. The molecule has 0 aliphatic heterocycles. The van der Waals surface area contributed by atoms with Crippen molar-refractivity contribution in [1.29, 1.82) is 0 Å². The Kier molecular flexibility index (Phi) is 10.6. The molecule has 1 saturated carbocycles. The average Bonchev–Trinajstić information content (AvgIpc) is 3.72. The summed E-state index contributed by atoms with van der Waals surface area (Å²) in [6.07, 6.45) is 10.9. The second-order valence-corrected chi connectivity index (χ2v) is 10.6. The molecule has 2 aliphatic rings. The highest BCUT2D eigenvalue weighted by Crippen LogP contribution is 2.58. The summed E-state index contributed by atoms with van der Waals surface area (Å²) in [6, 6.07) is 17.1. The molecular formula is C37H32O10. The number of carbonyl (C=O) groups is 4. The Hall–Kier alpha value is -5.90. The molecular weight excluding hydrogens is 604 g/mol. The Labute approximate surface area is 271 Å². The van der Waals surface area contributed by atoms with Crippen LogP contribution < -0.4 is 18.9 Å². The van der Waals surface area contributed by atoms with Crippen molar-refractivity contribution < 1.29 is 47.6 Å². The molecule has 2 bridgehead atoms. The van der Waals surface area contributed by atoms with Crippen molar-refractivity contribution in [3.8, 4) is 23.0 Å². The molecule has 1 fully saturated rings. The van der Waals surface area contributed by atoms with E-state index in [4.69, 9.17) is 28.4 Å². The minimum atomic E-state index is -0.579. The summed E-state index contributed by atoms with van der Waals surface area (Å²) in [7, 11) is 0. The van der Waals surface area contributed by atoms with Gasteiger partial charge in [-0.2, -0.15) is 0 Å². The van der Waals surface area contributed by atoms with Gasteiger partial charge in [-0.15, -0.1) is 0 Å². The van der Waals surface area contributed by atoms with Gasteiger partial charge >= 0.3 is 23.9 Å². The Morgan fingerprint density at radius 2 is 1.00 bits per heavy atom. The minimum Gasteiger partial charge on any atom is -0.457 e. The molecule has 0 spiro atoms. The van der Waals surface area contributed by atoms with Crippen LogP contribution in [0.15, 0.2) is 98.1 Å². The Bertz CT molecular complexity index is 1590.